The minimum absolute atomic E-state index is 0.352. The van der Waals surface area contributed by atoms with E-state index < -0.39 is 11.6 Å². The van der Waals surface area contributed by atoms with Gasteiger partial charge in [0, 0.05) is 11.6 Å². The summed E-state index contributed by atoms with van der Waals surface area (Å²) in [5.74, 6) is -0.721. The third kappa shape index (κ3) is 2.27. The van der Waals surface area contributed by atoms with Crippen LogP contribution in [0.15, 0.2) is 30.3 Å². The highest BCUT2D eigenvalue weighted by Gasteiger charge is 2.12. The first-order chi connectivity index (χ1) is 9.63. The molecule has 6 nitrogen and oxygen atoms in total. The van der Waals surface area contributed by atoms with Crippen LogP contribution >= 0.6 is 0 Å². The number of rotatable bonds is 3. The Labute approximate surface area is 112 Å². The lowest BCUT2D eigenvalue weighted by Crippen LogP contribution is -2.11. The van der Waals surface area contributed by atoms with Crippen molar-refractivity contribution in [2.45, 2.75) is 13.0 Å². The lowest BCUT2D eigenvalue weighted by Gasteiger charge is -2.15. The molecular weight excluding hydrogens is 266 g/mol. The molecule has 0 unspecified atom stereocenters. The van der Waals surface area contributed by atoms with E-state index in [2.05, 4.69) is 25.9 Å². The van der Waals surface area contributed by atoms with Gasteiger partial charge >= 0.3 is 0 Å². The summed E-state index contributed by atoms with van der Waals surface area (Å²) >= 11 is 0. The summed E-state index contributed by atoms with van der Waals surface area (Å²) < 4.78 is 27.8. The summed E-state index contributed by atoms with van der Waals surface area (Å²) in [6.07, 6.45) is 0. The van der Waals surface area contributed by atoms with Crippen molar-refractivity contribution < 1.29 is 8.78 Å². The molecule has 0 bridgehead atoms. The highest BCUT2D eigenvalue weighted by molar-refractivity contribution is 5.43. The van der Waals surface area contributed by atoms with Gasteiger partial charge in [-0.05, 0) is 35.5 Å². The van der Waals surface area contributed by atoms with Crippen molar-refractivity contribution >= 4 is 11.5 Å². The Kier molecular flexibility index (Phi) is 2.97. The molecule has 2 aromatic heterocycles. The number of halogens is 2. The van der Waals surface area contributed by atoms with Gasteiger partial charge in [0.05, 0.1) is 6.04 Å². The summed E-state index contributed by atoms with van der Waals surface area (Å²) in [6, 6.07) is 6.46. The Balaban J connectivity index is 1.85. The Morgan fingerprint density at radius 3 is 2.85 bits per heavy atom. The number of tetrazole rings is 1. The summed E-state index contributed by atoms with van der Waals surface area (Å²) in [5.41, 5.74) is 0.862. The van der Waals surface area contributed by atoms with Crippen molar-refractivity contribution in [2.75, 3.05) is 5.32 Å². The van der Waals surface area contributed by atoms with Crippen LogP contribution in [0.3, 0.4) is 0 Å². The first-order valence-electron chi connectivity index (χ1n) is 5.90. The zero-order valence-electron chi connectivity index (χ0n) is 10.5. The van der Waals surface area contributed by atoms with Gasteiger partial charge in [-0.1, -0.05) is 6.07 Å². The zero-order valence-corrected chi connectivity index (χ0v) is 10.5. The number of hydrogen-bond donors (Lipinski definition) is 1. The summed E-state index contributed by atoms with van der Waals surface area (Å²) in [7, 11) is 0. The van der Waals surface area contributed by atoms with Crippen molar-refractivity contribution in [2.24, 2.45) is 0 Å². The van der Waals surface area contributed by atoms with Crippen LogP contribution in [0.4, 0.5) is 14.6 Å². The molecule has 3 rings (SSSR count). The van der Waals surface area contributed by atoms with E-state index in [1.165, 1.54) is 16.8 Å². The fourth-order valence-electron chi connectivity index (χ4n) is 1.88. The molecule has 0 amide bonds. The first kappa shape index (κ1) is 12.4. The van der Waals surface area contributed by atoms with Crippen molar-refractivity contribution in [3.05, 3.63) is 47.5 Å². The number of anilines is 1. The number of fused-ring (bicyclic) bond motifs is 1. The van der Waals surface area contributed by atoms with Gasteiger partial charge < -0.3 is 5.32 Å². The van der Waals surface area contributed by atoms with Crippen LogP contribution in [0.1, 0.15) is 18.5 Å². The van der Waals surface area contributed by atoms with Crippen molar-refractivity contribution in [3.8, 4) is 0 Å². The quantitative estimate of drug-likeness (QED) is 0.792. The molecule has 0 aliphatic heterocycles. The summed E-state index contributed by atoms with van der Waals surface area (Å²) in [6.45, 7) is 1.75. The van der Waals surface area contributed by atoms with Crippen LogP contribution < -0.4 is 5.32 Å². The van der Waals surface area contributed by atoms with E-state index in [-0.39, 0.29) is 6.04 Å². The number of aromatic nitrogens is 5. The van der Waals surface area contributed by atoms with Gasteiger partial charge in [-0.2, -0.15) is 0 Å². The fraction of sp³-hybridized carbons (Fsp3) is 0.167. The number of hydrogen-bond acceptors (Lipinski definition) is 5. The molecule has 0 radical (unpaired) electrons. The molecule has 102 valence electrons. The molecule has 1 atom stereocenters. The summed E-state index contributed by atoms with van der Waals surface area (Å²) in [5, 5.41) is 18.0. The first-order valence-corrected chi connectivity index (χ1v) is 5.90. The van der Waals surface area contributed by atoms with Gasteiger partial charge in [-0.25, -0.2) is 8.78 Å². The maximum atomic E-state index is 13.7. The second kappa shape index (κ2) is 4.80. The van der Waals surface area contributed by atoms with Gasteiger partial charge in [0.15, 0.2) is 5.65 Å². The largest absolute Gasteiger partial charge is 0.362 e. The van der Waals surface area contributed by atoms with E-state index in [4.69, 9.17) is 0 Å². The van der Waals surface area contributed by atoms with Crippen molar-refractivity contribution in [3.63, 3.8) is 0 Å². The fourth-order valence-corrected chi connectivity index (χ4v) is 1.88. The van der Waals surface area contributed by atoms with Crippen LogP contribution in [0, 0.1) is 11.6 Å². The van der Waals surface area contributed by atoms with Crippen LogP contribution in [-0.2, 0) is 0 Å². The second-order valence-corrected chi connectivity index (χ2v) is 4.28. The predicted molar refractivity (Wildman–Crippen MR) is 67.0 cm³/mol. The van der Waals surface area contributed by atoms with Crippen LogP contribution in [0.25, 0.3) is 5.65 Å². The number of benzene rings is 1. The number of nitrogens with one attached hydrogen (secondary N) is 1. The zero-order chi connectivity index (χ0) is 14.1. The van der Waals surface area contributed by atoms with Gasteiger partial charge in [0.1, 0.15) is 17.5 Å². The van der Waals surface area contributed by atoms with E-state index >= 15 is 0 Å². The molecule has 2 heterocycles. The SMILES string of the molecule is C[C@H](Nc1ccc2nnnn2n1)c1ccc(F)cc1F. The molecule has 8 heteroatoms. The third-order valence-electron chi connectivity index (χ3n) is 2.86. The second-order valence-electron chi connectivity index (χ2n) is 4.28. The number of nitrogens with zero attached hydrogens (tertiary/aromatic N) is 5. The maximum absolute atomic E-state index is 13.7. The minimum atomic E-state index is -0.605. The highest BCUT2D eigenvalue weighted by Crippen LogP contribution is 2.21. The van der Waals surface area contributed by atoms with Crippen LogP contribution in [0.5, 0.6) is 0 Å². The van der Waals surface area contributed by atoms with E-state index in [0.717, 1.165) is 6.07 Å². The van der Waals surface area contributed by atoms with E-state index in [1.54, 1.807) is 19.1 Å². The Bertz CT molecular complexity index is 757. The lowest BCUT2D eigenvalue weighted by atomic mass is 10.1. The van der Waals surface area contributed by atoms with Crippen molar-refractivity contribution in [1.29, 1.82) is 0 Å². The molecular formula is C12H10F2N6. The Morgan fingerprint density at radius 1 is 1.20 bits per heavy atom. The highest BCUT2D eigenvalue weighted by atomic mass is 19.1. The Morgan fingerprint density at radius 2 is 2.05 bits per heavy atom. The molecule has 1 N–H and O–H groups in total. The molecule has 0 aliphatic rings. The smallest absolute Gasteiger partial charge is 0.200 e. The molecule has 0 saturated carbocycles. The van der Waals surface area contributed by atoms with Crippen LogP contribution in [-0.4, -0.2) is 25.3 Å². The van der Waals surface area contributed by atoms with Crippen molar-refractivity contribution in [1.82, 2.24) is 25.3 Å². The lowest BCUT2D eigenvalue weighted by molar-refractivity contribution is 0.566. The minimum Gasteiger partial charge on any atom is -0.362 e. The summed E-state index contributed by atoms with van der Waals surface area (Å²) in [4.78, 5) is 0. The molecule has 0 spiro atoms. The average molecular weight is 276 g/mol. The molecule has 0 fully saturated rings. The van der Waals surface area contributed by atoms with Gasteiger partial charge in [0.25, 0.3) is 0 Å². The normalized spacial score (nSPS) is 12.6. The monoisotopic (exact) mass is 276 g/mol. The maximum Gasteiger partial charge on any atom is 0.200 e. The standard InChI is InChI=1S/C12H10F2N6/c1-7(9-3-2-8(13)6-10(9)14)15-11-4-5-12-16-18-19-20(12)17-11/h2-7H,1H3,(H,15,17)/t7-/m0/s1. The van der Waals surface area contributed by atoms with E-state index in [9.17, 15) is 8.78 Å². The Hall–Kier alpha value is -2.64. The topological polar surface area (TPSA) is 68.0 Å². The van der Waals surface area contributed by atoms with Gasteiger partial charge in [-0.15, -0.1) is 14.8 Å². The van der Waals surface area contributed by atoms with Gasteiger partial charge in [0.2, 0.25) is 0 Å². The predicted octanol–water partition coefficient (Wildman–Crippen LogP) is 1.97. The molecule has 20 heavy (non-hydrogen) atoms. The van der Waals surface area contributed by atoms with E-state index in [1.807, 2.05) is 0 Å². The molecule has 0 aliphatic carbocycles. The van der Waals surface area contributed by atoms with Gasteiger partial charge in [-0.3, -0.25) is 0 Å². The average Bonchev–Trinajstić information content (AvgIpc) is 2.85. The molecule has 3 aromatic rings. The van der Waals surface area contributed by atoms with E-state index in [0.29, 0.717) is 17.0 Å². The molecule has 1 aromatic carbocycles. The molecule has 0 saturated heterocycles. The van der Waals surface area contributed by atoms with Crippen LogP contribution in [0.2, 0.25) is 0 Å². The third-order valence-corrected chi connectivity index (χ3v) is 2.86.